The highest BCUT2D eigenvalue weighted by Gasteiger charge is 2.33. The number of rotatable bonds is 3. The van der Waals surface area contributed by atoms with Gasteiger partial charge in [0.25, 0.3) is 0 Å². The number of hydrogen-bond donors (Lipinski definition) is 0. The molecule has 0 aromatic heterocycles. The first-order valence-corrected chi connectivity index (χ1v) is 3.47. The third-order valence-electron chi connectivity index (χ3n) is 1.62. The lowest BCUT2D eigenvalue weighted by atomic mass is 9.87. The van der Waals surface area contributed by atoms with Gasteiger partial charge in [-0.3, -0.25) is 4.79 Å². The number of carbonyl (C=O) groups is 1. The molecule has 0 saturated carbocycles. The van der Waals surface area contributed by atoms with Crippen molar-refractivity contribution in [1.82, 2.24) is 0 Å². The van der Waals surface area contributed by atoms with Gasteiger partial charge in [-0.05, 0) is 13.3 Å². The summed E-state index contributed by atoms with van der Waals surface area (Å²) in [5, 5.41) is 16.9. The predicted molar refractivity (Wildman–Crippen MR) is 40.6 cm³/mol. The largest absolute Gasteiger partial charge is 0.468 e. The summed E-state index contributed by atoms with van der Waals surface area (Å²) in [7, 11) is 1.23. The van der Waals surface area contributed by atoms with E-state index < -0.39 is 11.4 Å². The number of ether oxygens (including phenoxy) is 1. The van der Waals surface area contributed by atoms with Gasteiger partial charge in [-0.15, -0.1) is 0 Å². The second kappa shape index (κ2) is 4.35. The molecule has 0 heterocycles. The molecule has 0 saturated heterocycles. The summed E-state index contributed by atoms with van der Waals surface area (Å²) in [6, 6.07) is 3.72. The fraction of sp³-hybridized carbons (Fsp3) is 0.625. The lowest BCUT2D eigenvalue weighted by Gasteiger charge is -2.15. The normalized spacial score (nSPS) is 13.7. The van der Waals surface area contributed by atoms with Crippen LogP contribution in [0.3, 0.4) is 0 Å². The second-order valence-corrected chi connectivity index (χ2v) is 2.59. The average molecular weight is 166 g/mol. The van der Waals surface area contributed by atoms with Crippen molar-refractivity contribution in [2.24, 2.45) is 5.41 Å². The van der Waals surface area contributed by atoms with Crippen LogP contribution in [0.25, 0.3) is 0 Å². The number of nitrogens with zero attached hydrogens (tertiary/aromatic N) is 2. The van der Waals surface area contributed by atoms with Crippen molar-refractivity contribution < 1.29 is 9.53 Å². The molecule has 12 heavy (non-hydrogen) atoms. The van der Waals surface area contributed by atoms with Crippen LogP contribution in [0.2, 0.25) is 0 Å². The molecule has 0 spiro atoms. The van der Waals surface area contributed by atoms with E-state index in [9.17, 15) is 4.79 Å². The quantitative estimate of drug-likeness (QED) is 0.586. The highest BCUT2D eigenvalue weighted by Crippen LogP contribution is 2.23. The summed E-state index contributed by atoms with van der Waals surface area (Å²) in [6.45, 7) is 1.47. The molecule has 0 aliphatic carbocycles. The predicted octanol–water partition coefficient (Wildman–Crippen LogP) is 0.993. The smallest absolute Gasteiger partial charge is 0.325 e. The van der Waals surface area contributed by atoms with E-state index in [0.29, 0.717) is 0 Å². The Labute approximate surface area is 71.4 Å². The van der Waals surface area contributed by atoms with Crippen molar-refractivity contribution in [2.75, 3.05) is 7.11 Å². The molecule has 0 rings (SSSR count). The number of carbonyl (C=O) groups excluding carboxylic acids is 1. The van der Waals surface area contributed by atoms with Gasteiger partial charge >= 0.3 is 5.97 Å². The topological polar surface area (TPSA) is 73.9 Å². The van der Waals surface area contributed by atoms with Gasteiger partial charge in [0.05, 0.1) is 19.2 Å². The van der Waals surface area contributed by atoms with E-state index >= 15 is 0 Å². The molecular formula is C8H10N2O2. The molecule has 0 aliphatic heterocycles. The Hall–Kier alpha value is -1.55. The van der Waals surface area contributed by atoms with E-state index in [-0.39, 0.29) is 12.8 Å². The SMILES string of the molecule is COC(=O)C(C)(C#N)CCC#N. The first-order chi connectivity index (χ1) is 5.60. The maximum atomic E-state index is 11.0. The number of methoxy groups -OCH3 is 1. The molecule has 0 aromatic carbocycles. The molecule has 64 valence electrons. The summed E-state index contributed by atoms with van der Waals surface area (Å²) >= 11 is 0. The van der Waals surface area contributed by atoms with Crippen molar-refractivity contribution in [3.05, 3.63) is 0 Å². The van der Waals surface area contributed by atoms with E-state index in [2.05, 4.69) is 4.74 Å². The van der Waals surface area contributed by atoms with Gasteiger partial charge in [-0.25, -0.2) is 0 Å². The van der Waals surface area contributed by atoms with Gasteiger partial charge in [0.15, 0.2) is 5.41 Å². The maximum absolute atomic E-state index is 11.0. The lowest BCUT2D eigenvalue weighted by Crippen LogP contribution is -2.27. The zero-order valence-corrected chi connectivity index (χ0v) is 7.13. The molecule has 0 bridgehead atoms. The minimum atomic E-state index is -1.18. The molecular weight excluding hydrogens is 156 g/mol. The second-order valence-electron chi connectivity index (χ2n) is 2.59. The number of esters is 1. The zero-order chi connectivity index (χ0) is 9.61. The first-order valence-electron chi connectivity index (χ1n) is 3.47. The highest BCUT2D eigenvalue weighted by atomic mass is 16.5. The summed E-state index contributed by atoms with van der Waals surface area (Å²) in [5.41, 5.74) is -1.18. The van der Waals surface area contributed by atoms with Crippen molar-refractivity contribution >= 4 is 5.97 Å². The van der Waals surface area contributed by atoms with Crippen molar-refractivity contribution in [3.63, 3.8) is 0 Å². The van der Waals surface area contributed by atoms with Gasteiger partial charge < -0.3 is 4.74 Å². The molecule has 0 radical (unpaired) electrons. The van der Waals surface area contributed by atoms with Gasteiger partial charge in [0.2, 0.25) is 0 Å². The molecule has 4 nitrogen and oxygen atoms in total. The Kier molecular flexibility index (Phi) is 3.79. The van der Waals surface area contributed by atoms with Crippen molar-refractivity contribution in [1.29, 1.82) is 10.5 Å². The minimum Gasteiger partial charge on any atom is -0.468 e. The summed E-state index contributed by atoms with van der Waals surface area (Å²) < 4.78 is 4.43. The van der Waals surface area contributed by atoms with Crippen LogP contribution in [-0.2, 0) is 9.53 Å². The molecule has 4 heteroatoms. The molecule has 0 amide bonds. The third-order valence-corrected chi connectivity index (χ3v) is 1.62. The Morgan fingerprint density at radius 3 is 2.50 bits per heavy atom. The molecule has 0 fully saturated rings. The van der Waals surface area contributed by atoms with Crippen LogP contribution in [0.5, 0.6) is 0 Å². The van der Waals surface area contributed by atoms with Crippen molar-refractivity contribution in [2.45, 2.75) is 19.8 Å². The summed E-state index contributed by atoms with van der Waals surface area (Å²) in [6.07, 6.45) is 0.395. The molecule has 1 unspecified atom stereocenters. The van der Waals surface area contributed by atoms with Gasteiger partial charge in [0, 0.05) is 6.42 Å². The first kappa shape index (κ1) is 10.4. The van der Waals surface area contributed by atoms with Crippen LogP contribution in [0.1, 0.15) is 19.8 Å². The van der Waals surface area contributed by atoms with E-state index in [1.165, 1.54) is 14.0 Å². The number of nitriles is 2. The maximum Gasteiger partial charge on any atom is 0.325 e. The Morgan fingerprint density at radius 1 is 1.58 bits per heavy atom. The molecule has 1 atom stereocenters. The molecule has 0 N–H and O–H groups in total. The van der Waals surface area contributed by atoms with Gasteiger partial charge in [-0.2, -0.15) is 10.5 Å². The van der Waals surface area contributed by atoms with Crippen LogP contribution in [0.15, 0.2) is 0 Å². The lowest BCUT2D eigenvalue weighted by molar-refractivity contribution is -0.148. The fourth-order valence-corrected chi connectivity index (χ4v) is 0.735. The fourth-order valence-electron chi connectivity index (χ4n) is 0.735. The van der Waals surface area contributed by atoms with E-state index in [0.717, 1.165) is 0 Å². The Bertz CT molecular complexity index is 249. The van der Waals surface area contributed by atoms with Crippen LogP contribution in [0, 0.1) is 28.1 Å². The van der Waals surface area contributed by atoms with Gasteiger partial charge in [0.1, 0.15) is 0 Å². The molecule has 0 aromatic rings. The standard InChI is InChI=1S/C8H10N2O2/c1-8(6-10,4-3-5-9)7(11)12-2/h3-4H2,1-2H3. The number of hydrogen-bond acceptors (Lipinski definition) is 4. The van der Waals surface area contributed by atoms with Crippen LogP contribution in [-0.4, -0.2) is 13.1 Å². The van der Waals surface area contributed by atoms with Crippen LogP contribution >= 0.6 is 0 Å². The van der Waals surface area contributed by atoms with Crippen LogP contribution < -0.4 is 0 Å². The average Bonchev–Trinajstić information content (AvgIpc) is 2.12. The van der Waals surface area contributed by atoms with Gasteiger partial charge in [-0.1, -0.05) is 0 Å². The van der Waals surface area contributed by atoms with Crippen LogP contribution in [0.4, 0.5) is 0 Å². The Morgan fingerprint density at radius 2 is 2.17 bits per heavy atom. The van der Waals surface area contributed by atoms with E-state index in [1.54, 1.807) is 0 Å². The summed E-state index contributed by atoms with van der Waals surface area (Å²) in [4.78, 5) is 11.0. The zero-order valence-electron chi connectivity index (χ0n) is 7.13. The summed E-state index contributed by atoms with van der Waals surface area (Å²) in [5.74, 6) is -0.583. The Balaban J connectivity index is 4.39. The van der Waals surface area contributed by atoms with E-state index in [1.807, 2.05) is 12.1 Å². The van der Waals surface area contributed by atoms with Crippen molar-refractivity contribution in [3.8, 4) is 12.1 Å². The third kappa shape index (κ3) is 2.25. The van der Waals surface area contributed by atoms with E-state index in [4.69, 9.17) is 10.5 Å². The minimum absolute atomic E-state index is 0.180. The molecule has 0 aliphatic rings. The monoisotopic (exact) mass is 166 g/mol. The highest BCUT2D eigenvalue weighted by molar-refractivity contribution is 5.79.